The molecule has 0 saturated heterocycles. The maximum Gasteiger partial charge on any atom is 0.00967 e. The number of nitrogens with zero attached hydrogens (tertiary/aromatic N) is 1. The van der Waals surface area contributed by atoms with Crippen LogP contribution in [0.5, 0.6) is 0 Å². The Balaban J connectivity index is 1.82. The third-order valence-electron chi connectivity index (χ3n) is 3.44. The van der Waals surface area contributed by atoms with E-state index in [0.717, 1.165) is 18.5 Å². The van der Waals surface area contributed by atoms with E-state index in [0.29, 0.717) is 5.41 Å². The van der Waals surface area contributed by atoms with E-state index < -0.39 is 0 Å². The highest BCUT2D eigenvalue weighted by Gasteiger charge is 2.35. The van der Waals surface area contributed by atoms with Crippen molar-refractivity contribution in [3.8, 4) is 0 Å². The number of hydrogen-bond donors (Lipinski definition) is 1. The zero-order valence-corrected chi connectivity index (χ0v) is 9.63. The Kier molecular flexibility index (Phi) is 2.85. The van der Waals surface area contributed by atoms with Crippen LogP contribution in [0.15, 0.2) is 0 Å². The lowest BCUT2D eigenvalue weighted by Gasteiger charge is -2.32. The van der Waals surface area contributed by atoms with Crippen molar-refractivity contribution < 1.29 is 0 Å². The van der Waals surface area contributed by atoms with Gasteiger partial charge in [0.05, 0.1) is 0 Å². The molecule has 2 aliphatic carbocycles. The summed E-state index contributed by atoms with van der Waals surface area (Å²) in [4.78, 5) is 2.70. The first-order valence-electron chi connectivity index (χ1n) is 6.05. The highest BCUT2D eigenvalue weighted by Crippen LogP contribution is 2.36. The second-order valence-electron chi connectivity index (χ2n) is 5.97. The van der Waals surface area contributed by atoms with Gasteiger partial charge >= 0.3 is 0 Å². The molecule has 0 bridgehead atoms. The van der Waals surface area contributed by atoms with Crippen LogP contribution in [0.25, 0.3) is 0 Å². The monoisotopic (exact) mass is 196 g/mol. The SMILES string of the molecule is CC(C)(CN)CN(CC1CC1)C1CC1. The van der Waals surface area contributed by atoms with Gasteiger partial charge < -0.3 is 5.73 Å². The fourth-order valence-electron chi connectivity index (χ4n) is 2.03. The Labute approximate surface area is 87.8 Å². The van der Waals surface area contributed by atoms with Gasteiger partial charge in [-0.1, -0.05) is 13.8 Å². The molecule has 0 spiro atoms. The average Bonchev–Trinajstić information content (AvgIpc) is 2.97. The van der Waals surface area contributed by atoms with Gasteiger partial charge in [0.15, 0.2) is 0 Å². The van der Waals surface area contributed by atoms with E-state index in [2.05, 4.69) is 18.7 Å². The van der Waals surface area contributed by atoms with Gasteiger partial charge in [-0.2, -0.15) is 0 Å². The Hall–Kier alpha value is -0.0800. The van der Waals surface area contributed by atoms with Crippen molar-refractivity contribution in [3.63, 3.8) is 0 Å². The van der Waals surface area contributed by atoms with E-state index in [4.69, 9.17) is 5.73 Å². The van der Waals surface area contributed by atoms with E-state index in [1.54, 1.807) is 0 Å². The van der Waals surface area contributed by atoms with E-state index in [1.165, 1.54) is 38.8 Å². The molecule has 0 amide bonds. The maximum atomic E-state index is 5.79. The van der Waals surface area contributed by atoms with Crippen molar-refractivity contribution in [1.29, 1.82) is 0 Å². The summed E-state index contributed by atoms with van der Waals surface area (Å²) in [6.07, 6.45) is 5.78. The Bertz CT molecular complexity index is 192. The molecule has 2 heteroatoms. The van der Waals surface area contributed by atoms with Crippen LogP contribution in [0.1, 0.15) is 39.5 Å². The lowest BCUT2D eigenvalue weighted by atomic mass is 9.93. The molecular weight excluding hydrogens is 172 g/mol. The third kappa shape index (κ3) is 2.96. The molecule has 0 aromatic carbocycles. The molecule has 0 aromatic heterocycles. The minimum absolute atomic E-state index is 0.303. The normalized spacial score (nSPS) is 23.1. The van der Waals surface area contributed by atoms with Crippen LogP contribution in [-0.2, 0) is 0 Å². The number of nitrogens with two attached hydrogens (primary N) is 1. The molecule has 0 radical (unpaired) electrons. The summed E-state index contributed by atoms with van der Waals surface area (Å²) in [5, 5.41) is 0. The van der Waals surface area contributed by atoms with Gasteiger partial charge in [-0.15, -0.1) is 0 Å². The lowest BCUT2D eigenvalue weighted by Crippen LogP contribution is -2.40. The quantitative estimate of drug-likeness (QED) is 0.702. The van der Waals surface area contributed by atoms with Crippen LogP contribution >= 0.6 is 0 Å². The van der Waals surface area contributed by atoms with Crippen molar-refractivity contribution in [2.24, 2.45) is 17.1 Å². The van der Waals surface area contributed by atoms with Gasteiger partial charge in [0.25, 0.3) is 0 Å². The highest BCUT2D eigenvalue weighted by molar-refractivity contribution is 4.90. The molecule has 0 aromatic rings. The molecule has 2 saturated carbocycles. The van der Waals surface area contributed by atoms with Crippen LogP contribution in [0.4, 0.5) is 0 Å². The zero-order chi connectivity index (χ0) is 10.2. The fraction of sp³-hybridized carbons (Fsp3) is 1.00. The first-order valence-corrected chi connectivity index (χ1v) is 6.05. The highest BCUT2D eigenvalue weighted by atomic mass is 15.2. The van der Waals surface area contributed by atoms with Crippen molar-refractivity contribution in [2.75, 3.05) is 19.6 Å². The first-order chi connectivity index (χ1) is 6.61. The van der Waals surface area contributed by atoms with Crippen molar-refractivity contribution in [1.82, 2.24) is 4.90 Å². The molecule has 2 aliphatic rings. The first kappa shape index (κ1) is 10.4. The Morgan fingerprint density at radius 2 is 1.86 bits per heavy atom. The predicted octanol–water partition coefficient (Wildman–Crippen LogP) is 1.85. The standard InChI is InChI=1S/C12H24N2/c1-12(2,8-13)9-14(11-5-6-11)7-10-3-4-10/h10-11H,3-9,13H2,1-2H3. The summed E-state index contributed by atoms with van der Waals surface area (Å²) in [6.45, 7) is 7.92. The summed E-state index contributed by atoms with van der Waals surface area (Å²) in [5.41, 5.74) is 6.10. The summed E-state index contributed by atoms with van der Waals surface area (Å²) < 4.78 is 0. The van der Waals surface area contributed by atoms with E-state index in [1.807, 2.05) is 0 Å². The molecule has 0 heterocycles. The van der Waals surface area contributed by atoms with Crippen LogP contribution in [0.2, 0.25) is 0 Å². The van der Waals surface area contributed by atoms with Crippen molar-refractivity contribution >= 4 is 0 Å². The van der Waals surface area contributed by atoms with E-state index >= 15 is 0 Å². The van der Waals surface area contributed by atoms with Gasteiger partial charge in [0.1, 0.15) is 0 Å². The number of hydrogen-bond acceptors (Lipinski definition) is 2. The van der Waals surface area contributed by atoms with Gasteiger partial charge in [0.2, 0.25) is 0 Å². The lowest BCUT2D eigenvalue weighted by molar-refractivity contribution is 0.168. The topological polar surface area (TPSA) is 29.3 Å². The Morgan fingerprint density at radius 1 is 1.21 bits per heavy atom. The molecule has 2 fully saturated rings. The smallest absolute Gasteiger partial charge is 0.00967 e. The molecule has 2 rings (SSSR count). The zero-order valence-electron chi connectivity index (χ0n) is 9.63. The molecular formula is C12H24N2. The molecule has 14 heavy (non-hydrogen) atoms. The average molecular weight is 196 g/mol. The second kappa shape index (κ2) is 3.82. The maximum absolute atomic E-state index is 5.79. The van der Waals surface area contributed by atoms with Crippen LogP contribution < -0.4 is 5.73 Å². The largest absolute Gasteiger partial charge is 0.330 e. The second-order valence-corrected chi connectivity index (χ2v) is 5.97. The van der Waals surface area contributed by atoms with Crippen molar-refractivity contribution in [2.45, 2.75) is 45.6 Å². The molecule has 0 aliphatic heterocycles. The van der Waals surface area contributed by atoms with E-state index in [9.17, 15) is 0 Å². The minimum Gasteiger partial charge on any atom is -0.330 e. The van der Waals surface area contributed by atoms with Crippen LogP contribution in [-0.4, -0.2) is 30.6 Å². The Morgan fingerprint density at radius 3 is 2.29 bits per heavy atom. The van der Waals surface area contributed by atoms with E-state index in [-0.39, 0.29) is 0 Å². The minimum atomic E-state index is 0.303. The molecule has 82 valence electrons. The fourth-order valence-corrected chi connectivity index (χ4v) is 2.03. The molecule has 0 unspecified atom stereocenters. The number of rotatable bonds is 6. The summed E-state index contributed by atoms with van der Waals surface area (Å²) in [5.74, 6) is 1.02. The van der Waals surface area contributed by atoms with Crippen LogP contribution in [0, 0.1) is 11.3 Å². The van der Waals surface area contributed by atoms with Crippen LogP contribution in [0.3, 0.4) is 0 Å². The third-order valence-corrected chi connectivity index (χ3v) is 3.44. The van der Waals surface area contributed by atoms with Gasteiger partial charge in [0, 0.05) is 19.1 Å². The van der Waals surface area contributed by atoms with Gasteiger partial charge in [-0.25, -0.2) is 0 Å². The molecule has 2 N–H and O–H groups in total. The summed E-state index contributed by atoms with van der Waals surface area (Å²) in [6, 6.07) is 0.904. The van der Waals surface area contributed by atoms with Crippen molar-refractivity contribution in [3.05, 3.63) is 0 Å². The molecule has 2 nitrogen and oxygen atoms in total. The van der Waals surface area contributed by atoms with Gasteiger partial charge in [-0.3, -0.25) is 4.90 Å². The summed E-state index contributed by atoms with van der Waals surface area (Å²) >= 11 is 0. The van der Waals surface area contributed by atoms with Gasteiger partial charge in [-0.05, 0) is 43.6 Å². The predicted molar refractivity (Wildman–Crippen MR) is 60.2 cm³/mol. The molecule has 0 atom stereocenters. The summed E-state index contributed by atoms with van der Waals surface area (Å²) in [7, 11) is 0.